The van der Waals surface area contributed by atoms with Crippen LogP contribution in [0.15, 0.2) is 73.4 Å². The third kappa shape index (κ3) is 5.02. The Bertz CT molecular complexity index is 1820. The summed E-state index contributed by atoms with van der Waals surface area (Å²) in [5.74, 6) is -0.514. The standard InChI is InChI=1S/C30H27FN8O3/c1-18(40)24-15-38(26-8-7-19(11-23(24)26)20-9-10-32-33-13-20)16-28(41)39-14-21(31)12-27(39)30(42)35-25-6-4-3-5-22(25)29-36-34-17-37(29)2/h3-11,13,15,17,21,27H,12,14,16H2,1-2H3,(H,35,42)/t21-,27+/m1/s1. The van der Waals surface area contributed by atoms with Crippen molar-refractivity contribution in [2.24, 2.45) is 7.05 Å². The van der Waals surface area contributed by atoms with E-state index >= 15 is 0 Å². The molecule has 0 unspecified atom stereocenters. The number of carbonyl (C=O) groups is 3. The van der Waals surface area contributed by atoms with Crippen LogP contribution in [0.2, 0.25) is 0 Å². The molecule has 3 aromatic heterocycles. The minimum Gasteiger partial charge on any atom is -0.337 e. The van der Waals surface area contributed by atoms with E-state index in [1.54, 1.807) is 59.3 Å². The van der Waals surface area contributed by atoms with Gasteiger partial charge in [-0.2, -0.15) is 10.2 Å². The number of Topliss-reactive ketones (excluding diaryl/α,β-unsaturated/α-hetero) is 1. The third-order valence-electron chi connectivity index (χ3n) is 7.49. The van der Waals surface area contributed by atoms with E-state index < -0.39 is 24.0 Å². The molecule has 0 radical (unpaired) electrons. The molecule has 42 heavy (non-hydrogen) atoms. The van der Waals surface area contributed by atoms with Crippen LogP contribution in [0, 0.1) is 0 Å². The fourth-order valence-electron chi connectivity index (χ4n) is 5.43. The number of likely N-dealkylation sites (tertiary alicyclic amines) is 1. The first-order chi connectivity index (χ1) is 20.3. The number of aromatic nitrogens is 6. The molecular formula is C30H27FN8O3. The number of hydrogen-bond acceptors (Lipinski definition) is 7. The van der Waals surface area contributed by atoms with Gasteiger partial charge in [-0.1, -0.05) is 18.2 Å². The number of carbonyl (C=O) groups excluding carboxylic acids is 3. The lowest BCUT2D eigenvalue weighted by molar-refractivity contribution is -0.137. The summed E-state index contributed by atoms with van der Waals surface area (Å²) in [5, 5.41) is 19.3. The lowest BCUT2D eigenvalue weighted by Crippen LogP contribution is -2.44. The molecule has 2 aromatic carbocycles. The molecule has 4 heterocycles. The highest BCUT2D eigenvalue weighted by atomic mass is 19.1. The Labute approximate surface area is 240 Å². The minimum atomic E-state index is -1.34. The van der Waals surface area contributed by atoms with E-state index in [-0.39, 0.29) is 25.3 Å². The molecule has 0 bridgehead atoms. The Balaban J connectivity index is 1.26. The maximum atomic E-state index is 14.7. The normalized spacial score (nSPS) is 16.6. The predicted molar refractivity (Wildman–Crippen MR) is 153 cm³/mol. The molecule has 212 valence electrons. The number of fused-ring (bicyclic) bond motifs is 1. The van der Waals surface area contributed by atoms with Crippen molar-refractivity contribution in [3.05, 3.63) is 79.0 Å². The number of alkyl halides is 1. The fourth-order valence-corrected chi connectivity index (χ4v) is 5.43. The van der Waals surface area contributed by atoms with Gasteiger partial charge in [0.25, 0.3) is 0 Å². The zero-order valence-corrected chi connectivity index (χ0v) is 22.9. The highest BCUT2D eigenvalue weighted by Gasteiger charge is 2.40. The van der Waals surface area contributed by atoms with Crippen molar-refractivity contribution in [3.63, 3.8) is 0 Å². The summed E-state index contributed by atoms with van der Waals surface area (Å²) >= 11 is 0. The Kier molecular flexibility index (Phi) is 7.03. The summed E-state index contributed by atoms with van der Waals surface area (Å²) in [7, 11) is 1.79. The number of aryl methyl sites for hydroxylation is 1. The van der Waals surface area contributed by atoms with Gasteiger partial charge in [0.1, 0.15) is 25.1 Å². The summed E-state index contributed by atoms with van der Waals surface area (Å²) in [5.41, 5.74) is 3.95. The van der Waals surface area contributed by atoms with Crippen LogP contribution in [0.5, 0.6) is 0 Å². The smallest absolute Gasteiger partial charge is 0.247 e. The molecular weight excluding hydrogens is 539 g/mol. The number of ketones is 1. The molecule has 6 rings (SSSR count). The first-order valence-corrected chi connectivity index (χ1v) is 13.4. The first-order valence-electron chi connectivity index (χ1n) is 13.4. The van der Waals surface area contributed by atoms with Crippen LogP contribution in [-0.2, 0) is 23.2 Å². The van der Waals surface area contributed by atoms with E-state index in [9.17, 15) is 18.8 Å². The van der Waals surface area contributed by atoms with Gasteiger partial charge < -0.3 is 19.4 Å². The highest BCUT2D eigenvalue weighted by Crippen LogP contribution is 2.30. The summed E-state index contributed by atoms with van der Waals surface area (Å²) in [6.45, 7) is 1.11. The van der Waals surface area contributed by atoms with Gasteiger partial charge >= 0.3 is 0 Å². The number of halogens is 1. The van der Waals surface area contributed by atoms with Crippen molar-refractivity contribution in [2.45, 2.75) is 32.1 Å². The largest absolute Gasteiger partial charge is 0.337 e. The second-order valence-corrected chi connectivity index (χ2v) is 10.3. The number of benzene rings is 2. The molecule has 1 aliphatic heterocycles. The minimum absolute atomic E-state index is 0.113. The van der Waals surface area contributed by atoms with Crippen molar-refractivity contribution >= 4 is 34.2 Å². The van der Waals surface area contributed by atoms with Gasteiger partial charge in [-0.25, -0.2) is 4.39 Å². The zero-order valence-electron chi connectivity index (χ0n) is 22.9. The summed E-state index contributed by atoms with van der Waals surface area (Å²) < 4.78 is 18.1. The number of rotatable bonds is 7. The van der Waals surface area contributed by atoms with Crippen LogP contribution in [0.4, 0.5) is 10.1 Å². The number of anilines is 1. The summed E-state index contributed by atoms with van der Waals surface area (Å²) in [6, 6.07) is 13.5. The number of amides is 2. The topological polar surface area (TPSA) is 128 Å². The second kappa shape index (κ2) is 11.0. The van der Waals surface area contributed by atoms with Gasteiger partial charge in [0.2, 0.25) is 11.8 Å². The number of para-hydroxylation sites is 1. The summed E-state index contributed by atoms with van der Waals surface area (Å²) in [4.78, 5) is 40.8. The fraction of sp³-hybridized carbons (Fsp3) is 0.233. The van der Waals surface area contributed by atoms with Crippen molar-refractivity contribution in [2.75, 3.05) is 11.9 Å². The Morgan fingerprint density at radius 3 is 2.62 bits per heavy atom. The van der Waals surface area contributed by atoms with E-state index in [2.05, 4.69) is 25.7 Å². The Morgan fingerprint density at radius 1 is 1.05 bits per heavy atom. The number of hydrogen-bond donors (Lipinski definition) is 1. The van der Waals surface area contributed by atoms with Gasteiger partial charge in [-0.15, -0.1) is 10.2 Å². The molecule has 0 aliphatic carbocycles. The number of nitrogens with one attached hydrogen (secondary N) is 1. The maximum absolute atomic E-state index is 14.7. The quantitative estimate of drug-likeness (QED) is 0.298. The van der Waals surface area contributed by atoms with Crippen molar-refractivity contribution in [3.8, 4) is 22.5 Å². The molecule has 1 aliphatic rings. The SMILES string of the molecule is CC(=O)c1cn(CC(=O)N2C[C@H](F)C[C@H]2C(=O)Nc2ccccc2-c2nncn2C)c2ccc(-c3ccnnc3)cc12. The van der Waals surface area contributed by atoms with Crippen molar-refractivity contribution in [1.29, 1.82) is 0 Å². The van der Waals surface area contributed by atoms with Crippen LogP contribution >= 0.6 is 0 Å². The summed E-state index contributed by atoms with van der Waals surface area (Å²) in [6.07, 6.45) is 4.95. The molecule has 2 atom stereocenters. The molecule has 1 N–H and O–H groups in total. The van der Waals surface area contributed by atoms with E-state index in [4.69, 9.17) is 0 Å². The van der Waals surface area contributed by atoms with Gasteiger partial charge in [-0.3, -0.25) is 14.4 Å². The van der Waals surface area contributed by atoms with Crippen molar-refractivity contribution in [1.82, 2.24) is 34.4 Å². The van der Waals surface area contributed by atoms with E-state index in [0.717, 1.165) is 11.1 Å². The molecule has 0 spiro atoms. The van der Waals surface area contributed by atoms with Crippen LogP contribution in [0.25, 0.3) is 33.4 Å². The van der Waals surface area contributed by atoms with Crippen molar-refractivity contribution < 1.29 is 18.8 Å². The van der Waals surface area contributed by atoms with E-state index in [1.807, 2.05) is 30.3 Å². The molecule has 12 heteroatoms. The number of nitrogens with zero attached hydrogens (tertiary/aromatic N) is 7. The van der Waals surface area contributed by atoms with Gasteiger partial charge in [0.05, 0.1) is 24.6 Å². The van der Waals surface area contributed by atoms with E-state index in [1.165, 1.54) is 11.8 Å². The van der Waals surface area contributed by atoms with Crippen LogP contribution in [0.1, 0.15) is 23.7 Å². The maximum Gasteiger partial charge on any atom is 0.247 e. The van der Waals surface area contributed by atoms with E-state index in [0.29, 0.717) is 33.5 Å². The average Bonchev–Trinajstić information content (AvgIpc) is 3.70. The third-order valence-corrected chi connectivity index (χ3v) is 7.49. The molecule has 5 aromatic rings. The first kappa shape index (κ1) is 26.9. The van der Waals surface area contributed by atoms with Crippen LogP contribution in [0.3, 0.4) is 0 Å². The highest BCUT2D eigenvalue weighted by molar-refractivity contribution is 6.08. The van der Waals surface area contributed by atoms with Gasteiger partial charge in [0, 0.05) is 47.3 Å². The lowest BCUT2D eigenvalue weighted by Gasteiger charge is -2.24. The lowest BCUT2D eigenvalue weighted by atomic mass is 10.0. The predicted octanol–water partition coefficient (Wildman–Crippen LogP) is 3.67. The molecule has 0 saturated carbocycles. The molecule has 11 nitrogen and oxygen atoms in total. The molecule has 1 saturated heterocycles. The zero-order chi connectivity index (χ0) is 29.4. The van der Waals surface area contributed by atoms with Gasteiger partial charge in [-0.05, 0) is 42.8 Å². The Hall–Kier alpha value is -5.26. The van der Waals surface area contributed by atoms with Crippen LogP contribution < -0.4 is 5.32 Å². The Morgan fingerprint density at radius 2 is 1.88 bits per heavy atom. The monoisotopic (exact) mass is 566 g/mol. The second-order valence-electron chi connectivity index (χ2n) is 10.3. The average molecular weight is 567 g/mol. The van der Waals surface area contributed by atoms with Gasteiger partial charge in [0.15, 0.2) is 11.6 Å². The molecule has 2 amide bonds. The van der Waals surface area contributed by atoms with Crippen LogP contribution in [-0.4, -0.2) is 70.8 Å². The molecule has 1 fully saturated rings.